The molecule has 3 aromatic carbocycles. The summed E-state index contributed by atoms with van der Waals surface area (Å²) in [6.45, 7) is 0. The maximum atomic E-state index is 5.50. The first kappa shape index (κ1) is 23.1. The summed E-state index contributed by atoms with van der Waals surface area (Å²) in [5.74, 6) is 2.64. The summed E-state index contributed by atoms with van der Waals surface area (Å²) in [6.07, 6.45) is 5.06. The predicted octanol–water partition coefficient (Wildman–Crippen LogP) is 5.70. The van der Waals surface area contributed by atoms with Gasteiger partial charge >= 0.3 is 0 Å². The highest BCUT2D eigenvalue weighted by molar-refractivity contribution is 5.84. The zero-order chi connectivity index (χ0) is 25.9. The number of hydrogen-bond acceptors (Lipinski definition) is 8. The van der Waals surface area contributed by atoms with Crippen LogP contribution in [-0.4, -0.2) is 43.9 Å². The van der Waals surface area contributed by atoms with Crippen molar-refractivity contribution in [1.29, 1.82) is 0 Å². The highest BCUT2D eigenvalue weighted by Gasteiger charge is 2.12. The molecule has 9 heteroatoms. The lowest BCUT2D eigenvalue weighted by Gasteiger charge is -2.10. The maximum absolute atomic E-state index is 5.50. The normalized spacial score (nSPS) is 10.9. The second kappa shape index (κ2) is 9.98. The number of hydrogen-bond donors (Lipinski definition) is 1. The summed E-state index contributed by atoms with van der Waals surface area (Å²) in [5, 5.41) is 8.82. The van der Waals surface area contributed by atoms with Gasteiger partial charge in [-0.15, -0.1) is 0 Å². The van der Waals surface area contributed by atoms with Gasteiger partial charge in [-0.1, -0.05) is 24.3 Å². The number of nitrogens with zero attached hydrogens (tertiary/aromatic N) is 6. The summed E-state index contributed by atoms with van der Waals surface area (Å²) in [5.41, 5.74) is 5.05. The Hall–Kier alpha value is -5.31. The van der Waals surface area contributed by atoms with Crippen molar-refractivity contribution in [2.45, 2.75) is 0 Å². The molecule has 6 aromatic rings. The van der Waals surface area contributed by atoms with Crippen molar-refractivity contribution < 1.29 is 9.47 Å². The molecule has 3 aromatic heterocycles. The maximum Gasteiger partial charge on any atom is 0.227 e. The minimum absolute atomic E-state index is 0.484. The molecule has 9 nitrogen and oxygen atoms in total. The van der Waals surface area contributed by atoms with Gasteiger partial charge < -0.3 is 14.8 Å². The Morgan fingerprint density at radius 3 is 2.24 bits per heavy atom. The van der Waals surface area contributed by atoms with E-state index in [2.05, 4.69) is 30.4 Å². The fourth-order valence-electron chi connectivity index (χ4n) is 4.31. The van der Waals surface area contributed by atoms with Crippen molar-refractivity contribution >= 4 is 22.5 Å². The zero-order valence-corrected chi connectivity index (χ0v) is 20.7. The van der Waals surface area contributed by atoms with Crippen molar-refractivity contribution in [3.8, 4) is 39.8 Å². The van der Waals surface area contributed by atoms with E-state index < -0.39 is 0 Å². The number of ether oxygens (including phenoxy) is 2. The predicted molar refractivity (Wildman–Crippen MR) is 146 cm³/mol. The number of methoxy groups -OCH3 is 2. The molecule has 0 fully saturated rings. The SMILES string of the molecule is COc1ccccc1-c1cc(-n2ncc3cc(Nc4nccc(-c5ccccc5OC)n4)ccc32)ncn1. The Bertz CT molecular complexity index is 1750. The number of para-hydroxylation sites is 2. The van der Waals surface area contributed by atoms with Gasteiger partial charge in [0.2, 0.25) is 5.95 Å². The molecule has 0 saturated carbocycles. The van der Waals surface area contributed by atoms with E-state index >= 15 is 0 Å². The number of rotatable bonds is 7. The van der Waals surface area contributed by atoms with E-state index in [1.54, 1.807) is 31.3 Å². The Morgan fingerprint density at radius 2 is 1.47 bits per heavy atom. The van der Waals surface area contributed by atoms with E-state index in [4.69, 9.17) is 9.47 Å². The van der Waals surface area contributed by atoms with Crippen LogP contribution in [0.2, 0.25) is 0 Å². The second-order valence-corrected chi connectivity index (χ2v) is 8.38. The van der Waals surface area contributed by atoms with Gasteiger partial charge in [-0.05, 0) is 48.5 Å². The van der Waals surface area contributed by atoms with Gasteiger partial charge in [-0.3, -0.25) is 0 Å². The number of benzene rings is 3. The molecule has 0 unspecified atom stereocenters. The molecule has 0 atom stereocenters. The molecule has 1 N–H and O–H groups in total. The van der Waals surface area contributed by atoms with E-state index in [9.17, 15) is 0 Å². The van der Waals surface area contributed by atoms with Crippen molar-refractivity contribution in [1.82, 2.24) is 29.7 Å². The summed E-state index contributed by atoms with van der Waals surface area (Å²) in [6, 6.07) is 25.2. The molecule has 0 aliphatic rings. The molecule has 0 spiro atoms. The van der Waals surface area contributed by atoms with Crippen LogP contribution in [0.25, 0.3) is 39.2 Å². The van der Waals surface area contributed by atoms with E-state index in [0.717, 1.165) is 50.6 Å². The van der Waals surface area contributed by atoms with Crippen LogP contribution in [-0.2, 0) is 0 Å². The van der Waals surface area contributed by atoms with Crippen LogP contribution in [0, 0.1) is 0 Å². The lowest BCUT2D eigenvalue weighted by Crippen LogP contribution is -2.01. The Balaban J connectivity index is 1.29. The van der Waals surface area contributed by atoms with Crippen LogP contribution in [0.15, 0.2) is 97.6 Å². The average molecular weight is 502 g/mol. The minimum atomic E-state index is 0.484. The summed E-state index contributed by atoms with van der Waals surface area (Å²) in [4.78, 5) is 18.0. The van der Waals surface area contributed by atoms with Crippen LogP contribution in [0.4, 0.5) is 11.6 Å². The third kappa shape index (κ3) is 4.37. The molecule has 0 aliphatic carbocycles. The van der Waals surface area contributed by atoms with Crippen LogP contribution < -0.4 is 14.8 Å². The quantitative estimate of drug-likeness (QED) is 0.297. The first-order valence-corrected chi connectivity index (χ1v) is 11.9. The highest BCUT2D eigenvalue weighted by Crippen LogP contribution is 2.31. The topological polar surface area (TPSA) is 99.9 Å². The molecule has 3 heterocycles. The number of anilines is 2. The van der Waals surface area contributed by atoms with Gasteiger partial charge in [0.25, 0.3) is 0 Å². The zero-order valence-electron chi connectivity index (χ0n) is 20.7. The second-order valence-electron chi connectivity index (χ2n) is 8.38. The number of fused-ring (bicyclic) bond motifs is 1. The lowest BCUT2D eigenvalue weighted by atomic mass is 10.1. The standard InChI is InChI=1S/C29H23N7O2/c1-37-26-9-5-3-7-21(26)23-13-14-30-29(35-23)34-20-11-12-25-19(15-20)17-33-36(25)28-16-24(31-18-32-28)22-8-4-6-10-27(22)38-2/h3-18H,1-2H3,(H,30,34,35). The third-order valence-electron chi connectivity index (χ3n) is 6.12. The molecule has 38 heavy (non-hydrogen) atoms. The Kier molecular flexibility index (Phi) is 6.07. The van der Waals surface area contributed by atoms with Crippen LogP contribution in [0.5, 0.6) is 11.5 Å². The smallest absolute Gasteiger partial charge is 0.227 e. The minimum Gasteiger partial charge on any atom is -0.496 e. The van der Waals surface area contributed by atoms with Crippen molar-refractivity contribution in [2.24, 2.45) is 0 Å². The molecular formula is C29H23N7O2. The first-order chi connectivity index (χ1) is 18.7. The van der Waals surface area contributed by atoms with Crippen LogP contribution in [0.3, 0.4) is 0 Å². The largest absolute Gasteiger partial charge is 0.496 e. The summed E-state index contributed by atoms with van der Waals surface area (Å²) < 4.78 is 12.8. The molecular weight excluding hydrogens is 478 g/mol. The van der Waals surface area contributed by atoms with Gasteiger partial charge in [-0.2, -0.15) is 5.10 Å². The van der Waals surface area contributed by atoms with Gasteiger partial charge in [0.1, 0.15) is 17.8 Å². The van der Waals surface area contributed by atoms with E-state index in [0.29, 0.717) is 11.8 Å². The number of aromatic nitrogens is 6. The third-order valence-corrected chi connectivity index (χ3v) is 6.12. The molecule has 0 saturated heterocycles. The summed E-state index contributed by atoms with van der Waals surface area (Å²) in [7, 11) is 3.29. The highest BCUT2D eigenvalue weighted by atomic mass is 16.5. The average Bonchev–Trinajstić information content (AvgIpc) is 3.40. The molecule has 6 rings (SSSR count). The van der Waals surface area contributed by atoms with Crippen molar-refractivity contribution in [3.05, 3.63) is 97.6 Å². The van der Waals surface area contributed by atoms with Gasteiger partial charge in [0, 0.05) is 34.5 Å². The van der Waals surface area contributed by atoms with Gasteiger partial charge in [0.15, 0.2) is 5.82 Å². The molecule has 0 amide bonds. The fraction of sp³-hybridized carbons (Fsp3) is 0.0690. The van der Waals surface area contributed by atoms with Crippen LogP contribution >= 0.6 is 0 Å². The lowest BCUT2D eigenvalue weighted by molar-refractivity contribution is 0.416. The van der Waals surface area contributed by atoms with E-state index in [1.807, 2.05) is 78.9 Å². The van der Waals surface area contributed by atoms with E-state index in [1.165, 1.54) is 6.33 Å². The molecule has 186 valence electrons. The Labute approximate surface area is 218 Å². The van der Waals surface area contributed by atoms with Crippen LogP contribution in [0.1, 0.15) is 0 Å². The fourth-order valence-corrected chi connectivity index (χ4v) is 4.31. The molecule has 0 aliphatic heterocycles. The summed E-state index contributed by atoms with van der Waals surface area (Å²) >= 11 is 0. The Morgan fingerprint density at radius 1 is 0.737 bits per heavy atom. The monoisotopic (exact) mass is 501 g/mol. The molecule has 0 radical (unpaired) electrons. The first-order valence-electron chi connectivity index (χ1n) is 11.9. The number of nitrogens with one attached hydrogen (secondary N) is 1. The van der Waals surface area contributed by atoms with Gasteiger partial charge in [-0.25, -0.2) is 24.6 Å². The van der Waals surface area contributed by atoms with E-state index in [-0.39, 0.29) is 0 Å². The molecule has 0 bridgehead atoms. The van der Waals surface area contributed by atoms with Crippen molar-refractivity contribution in [3.63, 3.8) is 0 Å². The van der Waals surface area contributed by atoms with Crippen molar-refractivity contribution in [2.75, 3.05) is 19.5 Å². The van der Waals surface area contributed by atoms with Gasteiger partial charge in [0.05, 0.1) is 37.3 Å².